The van der Waals surface area contributed by atoms with Gasteiger partial charge in [0.25, 0.3) is 0 Å². The van der Waals surface area contributed by atoms with Gasteiger partial charge in [-0.3, -0.25) is 0 Å². The van der Waals surface area contributed by atoms with Crippen LogP contribution in [-0.2, 0) is 0 Å². The van der Waals surface area contributed by atoms with Crippen molar-refractivity contribution in [1.29, 1.82) is 0 Å². The molecule has 2 heterocycles. The standard InChI is InChI=1S/C16H11BrN4OS/c1-22-13-5-9(17)4-12-15(13)16(19-7-18-12)21-10-2-3-11-14(6-10)23-8-20-11/h2-8H,1H3,(H,18,19,21). The van der Waals surface area contributed by atoms with Gasteiger partial charge in [-0.2, -0.15) is 0 Å². The van der Waals surface area contributed by atoms with Crippen LogP contribution in [0.3, 0.4) is 0 Å². The second kappa shape index (κ2) is 5.75. The van der Waals surface area contributed by atoms with Crippen molar-refractivity contribution in [2.45, 2.75) is 0 Å². The quantitative estimate of drug-likeness (QED) is 0.550. The number of rotatable bonds is 3. The highest BCUT2D eigenvalue weighted by Crippen LogP contribution is 2.34. The maximum atomic E-state index is 5.49. The van der Waals surface area contributed by atoms with Gasteiger partial charge >= 0.3 is 0 Å². The van der Waals surface area contributed by atoms with Gasteiger partial charge in [0.2, 0.25) is 0 Å². The van der Waals surface area contributed by atoms with Crippen molar-refractivity contribution < 1.29 is 4.74 Å². The molecule has 114 valence electrons. The van der Waals surface area contributed by atoms with Crippen LogP contribution in [0.4, 0.5) is 11.5 Å². The number of anilines is 2. The number of ether oxygens (including phenoxy) is 1. The van der Waals surface area contributed by atoms with Crippen molar-refractivity contribution in [2.24, 2.45) is 0 Å². The molecule has 5 nitrogen and oxygen atoms in total. The minimum atomic E-state index is 0.711. The summed E-state index contributed by atoms with van der Waals surface area (Å²) in [6, 6.07) is 9.89. The van der Waals surface area contributed by atoms with E-state index in [0.29, 0.717) is 5.82 Å². The average molecular weight is 387 g/mol. The van der Waals surface area contributed by atoms with E-state index in [0.717, 1.165) is 37.0 Å². The maximum Gasteiger partial charge on any atom is 0.145 e. The van der Waals surface area contributed by atoms with Gasteiger partial charge in [-0.1, -0.05) is 15.9 Å². The predicted molar refractivity (Wildman–Crippen MR) is 96.7 cm³/mol. The summed E-state index contributed by atoms with van der Waals surface area (Å²) < 4.78 is 7.53. The van der Waals surface area contributed by atoms with E-state index in [2.05, 4.69) is 42.3 Å². The Labute approximate surface area is 144 Å². The number of nitrogens with one attached hydrogen (secondary N) is 1. The summed E-state index contributed by atoms with van der Waals surface area (Å²) in [6.07, 6.45) is 1.54. The first-order valence-corrected chi connectivity index (χ1v) is 8.50. The lowest BCUT2D eigenvalue weighted by Gasteiger charge is -2.12. The molecule has 0 fully saturated rings. The van der Waals surface area contributed by atoms with Crippen molar-refractivity contribution in [2.75, 3.05) is 12.4 Å². The first kappa shape index (κ1) is 14.3. The summed E-state index contributed by atoms with van der Waals surface area (Å²) in [5, 5.41) is 4.21. The highest BCUT2D eigenvalue weighted by Gasteiger charge is 2.11. The van der Waals surface area contributed by atoms with Gasteiger partial charge in [-0.15, -0.1) is 11.3 Å². The number of nitrogens with zero attached hydrogens (tertiary/aromatic N) is 3. The minimum Gasteiger partial charge on any atom is -0.496 e. The Morgan fingerprint density at radius 2 is 2.00 bits per heavy atom. The molecular formula is C16H11BrN4OS. The van der Waals surface area contributed by atoms with E-state index < -0.39 is 0 Å². The van der Waals surface area contributed by atoms with Crippen LogP contribution in [0.25, 0.3) is 21.1 Å². The van der Waals surface area contributed by atoms with Gasteiger partial charge < -0.3 is 10.1 Å². The van der Waals surface area contributed by atoms with Crippen molar-refractivity contribution in [3.63, 3.8) is 0 Å². The van der Waals surface area contributed by atoms with Crippen LogP contribution in [0.5, 0.6) is 5.75 Å². The Hall–Kier alpha value is -2.25. The molecule has 4 aromatic rings. The second-order valence-corrected chi connectivity index (χ2v) is 6.69. The fourth-order valence-corrected chi connectivity index (χ4v) is 3.59. The number of hydrogen-bond acceptors (Lipinski definition) is 6. The highest BCUT2D eigenvalue weighted by atomic mass is 79.9. The first-order valence-electron chi connectivity index (χ1n) is 6.83. The number of aromatic nitrogens is 3. The monoisotopic (exact) mass is 386 g/mol. The normalized spacial score (nSPS) is 11.0. The molecule has 23 heavy (non-hydrogen) atoms. The van der Waals surface area contributed by atoms with Crippen LogP contribution in [0.2, 0.25) is 0 Å². The van der Waals surface area contributed by atoms with Gasteiger partial charge in [0.1, 0.15) is 17.9 Å². The second-order valence-electron chi connectivity index (χ2n) is 4.88. The summed E-state index contributed by atoms with van der Waals surface area (Å²) in [4.78, 5) is 13.0. The molecule has 2 aromatic carbocycles. The molecule has 0 amide bonds. The van der Waals surface area contributed by atoms with Crippen LogP contribution in [0, 0.1) is 0 Å². The largest absolute Gasteiger partial charge is 0.496 e. The van der Waals surface area contributed by atoms with Crippen molar-refractivity contribution >= 4 is 59.9 Å². The molecule has 0 aliphatic carbocycles. The smallest absolute Gasteiger partial charge is 0.145 e. The maximum absolute atomic E-state index is 5.49. The number of fused-ring (bicyclic) bond motifs is 2. The number of methoxy groups -OCH3 is 1. The number of benzene rings is 2. The highest BCUT2D eigenvalue weighted by molar-refractivity contribution is 9.10. The first-order chi connectivity index (χ1) is 11.2. The number of halogens is 1. The van der Waals surface area contributed by atoms with Gasteiger partial charge in [-0.25, -0.2) is 15.0 Å². The van der Waals surface area contributed by atoms with Crippen LogP contribution >= 0.6 is 27.3 Å². The molecule has 0 spiro atoms. The van der Waals surface area contributed by atoms with E-state index in [1.165, 1.54) is 0 Å². The van der Waals surface area contributed by atoms with Gasteiger partial charge in [0.15, 0.2) is 0 Å². The molecule has 0 atom stereocenters. The molecule has 0 aliphatic rings. The third kappa shape index (κ3) is 2.62. The van der Waals surface area contributed by atoms with E-state index >= 15 is 0 Å². The fourth-order valence-electron chi connectivity index (χ4n) is 2.45. The molecule has 0 bridgehead atoms. The van der Waals surface area contributed by atoms with E-state index in [9.17, 15) is 0 Å². The third-order valence-corrected chi connectivity index (χ3v) is 4.73. The fraction of sp³-hybridized carbons (Fsp3) is 0.0625. The molecule has 0 unspecified atom stereocenters. The van der Waals surface area contributed by atoms with Crippen molar-refractivity contribution in [3.8, 4) is 5.75 Å². The molecule has 1 N–H and O–H groups in total. The summed E-state index contributed by atoms with van der Waals surface area (Å²) in [5.74, 6) is 1.43. The Morgan fingerprint density at radius 3 is 2.87 bits per heavy atom. The molecular weight excluding hydrogens is 376 g/mol. The van der Waals surface area contributed by atoms with Crippen LogP contribution in [0.1, 0.15) is 0 Å². The topological polar surface area (TPSA) is 59.9 Å². The van der Waals surface area contributed by atoms with E-state index in [-0.39, 0.29) is 0 Å². The zero-order valence-corrected chi connectivity index (χ0v) is 14.5. The Bertz CT molecular complexity index is 1020. The third-order valence-electron chi connectivity index (χ3n) is 3.48. The lowest BCUT2D eigenvalue weighted by Crippen LogP contribution is -1.98. The van der Waals surface area contributed by atoms with E-state index in [4.69, 9.17) is 4.74 Å². The van der Waals surface area contributed by atoms with Crippen molar-refractivity contribution in [1.82, 2.24) is 15.0 Å². The number of hydrogen-bond donors (Lipinski definition) is 1. The lowest BCUT2D eigenvalue weighted by atomic mass is 10.2. The molecule has 0 saturated heterocycles. The van der Waals surface area contributed by atoms with Gasteiger partial charge in [0.05, 0.1) is 33.7 Å². The SMILES string of the molecule is COc1cc(Br)cc2ncnc(Nc3ccc4ncsc4c3)c12. The Morgan fingerprint density at radius 1 is 1.09 bits per heavy atom. The molecule has 0 radical (unpaired) electrons. The molecule has 7 heteroatoms. The number of thiazole rings is 1. The molecule has 0 aliphatic heterocycles. The Kier molecular flexibility index (Phi) is 3.59. The van der Waals surface area contributed by atoms with Gasteiger partial charge in [0, 0.05) is 10.2 Å². The van der Waals surface area contributed by atoms with E-state index in [1.54, 1.807) is 24.8 Å². The minimum absolute atomic E-state index is 0.711. The average Bonchev–Trinajstić information content (AvgIpc) is 3.01. The predicted octanol–water partition coefficient (Wildman–Crippen LogP) is 4.75. The molecule has 4 rings (SSSR count). The van der Waals surface area contributed by atoms with Crippen molar-refractivity contribution in [3.05, 3.63) is 46.6 Å². The summed E-state index contributed by atoms with van der Waals surface area (Å²) >= 11 is 5.08. The zero-order valence-electron chi connectivity index (χ0n) is 12.1. The Balaban J connectivity index is 1.84. The van der Waals surface area contributed by atoms with Gasteiger partial charge in [-0.05, 0) is 30.3 Å². The summed E-state index contributed by atoms with van der Waals surface area (Å²) in [5.41, 5.74) is 4.60. The summed E-state index contributed by atoms with van der Waals surface area (Å²) in [6.45, 7) is 0. The molecule has 2 aromatic heterocycles. The van der Waals surface area contributed by atoms with E-state index in [1.807, 2.05) is 29.8 Å². The van der Waals surface area contributed by atoms with Crippen LogP contribution in [0.15, 0.2) is 46.6 Å². The van der Waals surface area contributed by atoms with Crippen LogP contribution in [-0.4, -0.2) is 22.1 Å². The lowest BCUT2D eigenvalue weighted by molar-refractivity contribution is 0.419. The molecule has 0 saturated carbocycles. The van der Waals surface area contributed by atoms with Crippen LogP contribution < -0.4 is 10.1 Å². The summed E-state index contributed by atoms with van der Waals surface area (Å²) in [7, 11) is 1.64. The zero-order chi connectivity index (χ0) is 15.8.